The van der Waals surface area contributed by atoms with E-state index in [1.807, 2.05) is 0 Å². The average molecular weight is 255 g/mol. The molecule has 1 aliphatic rings. The maximum absolute atomic E-state index is 13.6. The highest BCUT2D eigenvalue weighted by Gasteiger charge is 2.28. The third-order valence-electron chi connectivity index (χ3n) is 3.79. The highest BCUT2D eigenvalue weighted by Crippen LogP contribution is 2.29. The molecule has 1 aromatic carbocycles. The van der Waals surface area contributed by atoms with E-state index in [1.54, 1.807) is 0 Å². The van der Waals surface area contributed by atoms with Gasteiger partial charge in [0.15, 0.2) is 0 Å². The van der Waals surface area contributed by atoms with Crippen LogP contribution < -0.4 is 5.32 Å². The molecule has 4 heteroatoms. The first-order chi connectivity index (χ1) is 8.61. The third kappa shape index (κ3) is 2.87. The Kier molecular flexibility index (Phi) is 4.30. The van der Waals surface area contributed by atoms with Gasteiger partial charge < -0.3 is 10.4 Å². The fraction of sp³-hybridized carbons (Fsp3) is 0.571. The van der Waals surface area contributed by atoms with Gasteiger partial charge in [0.1, 0.15) is 11.6 Å². The van der Waals surface area contributed by atoms with Gasteiger partial charge in [0, 0.05) is 17.7 Å². The molecule has 2 rings (SSSR count). The molecule has 0 aromatic heterocycles. The Labute approximate surface area is 106 Å². The maximum atomic E-state index is 13.6. The summed E-state index contributed by atoms with van der Waals surface area (Å²) in [6, 6.07) is 3.18. The zero-order valence-electron chi connectivity index (χ0n) is 10.5. The third-order valence-corrected chi connectivity index (χ3v) is 3.79. The van der Waals surface area contributed by atoms with Crippen molar-refractivity contribution in [2.75, 3.05) is 6.54 Å². The number of piperidine rings is 1. The molecule has 1 aromatic rings. The van der Waals surface area contributed by atoms with Crippen LogP contribution in [0.3, 0.4) is 0 Å². The van der Waals surface area contributed by atoms with Crippen LogP contribution in [0.15, 0.2) is 18.2 Å². The van der Waals surface area contributed by atoms with Gasteiger partial charge in [-0.25, -0.2) is 8.78 Å². The zero-order valence-corrected chi connectivity index (χ0v) is 10.5. The minimum absolute atomic E-state index is 0.149. The van der Waals surface area contributed by atoms with Crippen molar-refractivity contribution in [2.24, 2.45) is 5.92 Å². The molecule has 3 unspecified atom stereocenters. The van der Waals surface area contributed by atoms with Gasteiger partial charge in [-0.15, -0.1) is 0 Å². The lowest BCUT2D eigenvalue weighted by molar-refractivity contribution is 0.0947. The van der Waals surface area contributed by atoms with E-state index in [1.165, 1.54) is 12.1 Å². The van der Waals surface area contributed by atoms with Gasteiger partial charge in [0.05, 0.1) is 6.10 Å². The summed E-state index contributed by atoms with van der Waals surface area (Å²) in [6.07, 6.45) is 2.07. The molecule has 2 N–H and O–H groups in total. The number of halogens is 2. The molecular formula is C14H19F2NO. The first-order valence-corrected chi connectivity index (χ1v) is 6.48. The second kappa shape index (κ2) is 5.76. The van der Waals surface area contributed by atoms with Crippen LogP contribution in [0.25, 0.3) is 0 Å². The quantitative estimate of drug-likeness (QED) is 0.870. The molecule has 0 bridgehead atoms. The molecule has 1 heterocycles. The molecule has 100 valence electrons. The van der Waals surface area contributed by atoms with Gasteiger partial charge in [-0.2, -0.15) is 0 Å². The molecule has 3 atom stereocenters. The van der Waals surface area contributed by atoms with Crippen LogP contribution in [-0.2, 0) is 0 Å². The molecule has 2 nitrogen and oxygen atoms in total. The van der Waals surface area contributed by atoms with E-state index in [0.29, 0.717) is 5.92 Å². The number of hydrogen-bond donors (Lipinski definition) is 2. The monoisotopic (exact) mass is 255 g/mol. The molecule has 0 amide bonds. The number of benzene rings is 1. The summed E-state index contributed by atoms with van der Waals surface area (Å²) in [5.41, 5.74) is 0.172. The van der Waals surface area contributed by atoms with Crippen LogP contribution in [0.1, 0.15) is 37.9 Å². The molecule has 0 spiro atoms. The summed E-state index contributed by atoms with van der Waals surface area (Å²) in [7, 11) is 0. The SMILES string of the molecule is CCC1CCNC(C(O)c2ccc(F)cc2F)C1. The number of nitrogens with one attached hydrogen (secondary N) is 1. The van der Waals surface area contributed by atoms with Gasteiger partial charge in [0.25, 0.3) is 0 Å². The van der Waals surface area contributed by atoms with Crippen molar-refractivity contribution < 1.29 is 13.9 Å². The highest BCUT2D eigenvalue weighted by atomic mass is 19.1. The van der Waals surface area contributed by atoms with E-state index in [0.717, 1.165) is 31.9 Å². The van der Waals surface area contributed by atoms with Crippen molar-refractivity contribution in [1.29, 1.82) is 0 Å². The number of rotatable bonds is 3. The first kappa shape index (κ1) is 13.4. The molecular weight excluding hydrogens is 236 g/mol. The summed E-state index contributed by atoms with van der Waals surface area (Å²) in [6.45, 7) is 2.96. The van der Waals surface area contributed by atoms with Crippen molar-refractivity contribution >= 4 is 0 Å². The Hall–Kier alpha value is -1.00. The van der Waals surface area contributed by atoms with E-state index in [9.17, 15) is 13.9 Å². The lowest BCUT2D eigenvalue weighted by Gasteiger charge is -2.33. The van der Waals surface area contributed by atoms with E-state index >= 15 is 0 Å². The second-order valence-corrected chi connectivity index (χ2v) is 4.97. The highest BCUT2D eigenvalue weighted by molar-refractivity contribution is 5.22. The van der Waals surface area contributed by atoms with Crippen LogP contribution in [0, 0.1) is 17.6 Å². The summed E-state index contributed by atoms with van der Waals surface area (Å²) in [5.74, 6) is -0.733. The van der Waals surface area contributed by atoms with Gasteiger partial charge >= 0.3 is 0 Å². The first-order valence-electron chi connectivity index (χ1n) is 6.48. The normalized spacial score (nSPS) is 26.0. The van der Waals surface area contributed by atoms with E-state index < -0.39 is 17.7 Å². The Morgan fingerprint density at radius 3 is 2.89 bits per heavy atom. The van der Waals surface area contributed by atoms with Crippen LogP contribution in [0.2, 0.25) is 0 Å². The van der Waals surface area contributed by atoms with E-state index in [-0.39, 0.29) is 11.6 Å². The molecule has 0 radical (unpaired) electrons. The number of hydrogen-bond acceptors (Lipinski definition) is 2. The van der Waals surface area contributed by atoms with Crippen molar-refractivity contribution in [2.45, 2.75) is 38.3 Å². The van der Waals surface area contributed by atoms with Crippen LogP contribution in [-0.4, -0.2) is 17.7 Å². The lowest BCUT2D eigenvalue weighted by atomic mass is 9.86. The Morgan fingerprint density at radius 1 is 1.44 bits per heavy atom. The predicted octanol–water partition coefficient (Wildman–Crippen LogP) is 2.78. The van der Waals surface area contributed by atoms with Gasteiger partial charge in [0.2, 0.25) is 0 Å². The summed E-state index contributed by atoms with van der Waals surface area (Å²) in [4.78, 5) is 0. The molecule has 18 heavy (non-hydrogen) atoms. The standard InChI is InChI=1S/C14H19F2NO/c1-2-9-5-6-17-13(7-9)14(18)11-4-3-10(15)8-12(11)16/h3-4,8-9,13-14,17-18H,2,5-7H2,1H3. The van der Waals surface area contributed by atoms with Gasteiger partial charge in [-0.3, -0.25) is 0 Å². The van der Waals surface area contributed by atoms with E-state index in [4.69, 9.17) is 0 Å². The molecule has 1 fully saturated rings. The van der Waals surface area contributed by atoms with Crippen molar-refractivity contribution in [1.82, 2.24) is 5.32 Å². The van der Waals surface area contributed by atoms with Crippen molar-refractivity contribution in [3.8, 4) is 0 Å². The number of aliphatic hydroxyl groups excluding tert-OH is 1. The van der Waals surface area contributed by atoms with Crippen molar-refractivity contribution in [3.63, 3.8) is 0 Å². The smallest absolute Gasteiger partial charge is 0.131 e. The van der Waals surface area contributed by atoms with Gasteiger partial charge in [-0.1, -0.05) is 19.4 Å². The Balaban J connectivity index is 2.12. The van der Waals surface area contributed by atoms with Crippen molar-refractivity contribution in [3.05, 3.63) is 35.4 Å². The minimum Gasteiger partial charge on any atom is -0.387 e. The summed E-state index contributed by atoms with van der Waals surface area (Å²) < 4.78 is 26.4. The van der Waals surface area contributed by atoms with Crippen LogP contribution in [0.5, 0.6) is 0 Å². The Bertz CT molecular complexity index is 411. The van der Waals surface area contributed by atoms with E-state index in [2.05, 4.69) is 12.2 Å². The summed E-state index contributed by atoms with van der Waals surface area (Å²) in [5, 5.41) is 13.4. The molecule has 1 saturated heterocycles. The largest absolute Gasteiger partial charge is 0.387 e. The summed E-state index contributed by atoms with van der Waals surface area (Å²) >= 11 is 0. The fourth-order valence-corrected chi connectivity index (χ4v) is 2.60. The topological polar surface area (TPSA) is 32.3 Å². The minimum atomic E-state index is -0.917. The maximum Gasteiger partial charge on any atom is 0.131 e. The molecule has 1 aliphatic heterocycles. The van der Waals surface area contributed by atoms with Crippen LogP contribution in [0.4, 0.5) is 8.78 Å². The Morgan fingerprint density at radius 2 is 2.22 bits per heavy atom. The fourth-order valence-electron chi connectivity index (χ4n) is 2.60. The number of aliphatic hydroxyl groups is 1. The van der Waals surface area contributed by atoms with Crippen LogP contribution >= 0.6 is 0 Å². The molecule has 0 saturated carbocycles. The average Bonchev–Trinajstić information content (AvgIpc) is 2.38. The molecule has 0 aliphatic carbocycles. The zero-order chi connectivity index (χ0) is 13.1. The second-order valence-electron chi connectivity index (χ2n) is 4.97. The lowest BCUT2D eigenvalue weighted by Crippen LogP contribution is -2.42. The predicted molar refractivity (Wildman–Crippen MR) is 66.1 cm³/mol. The van der Waals surface area contributed by atoms with Gasteiger partial charge in [-0.05, 0) is 31.4 Å².